The number of benzene rings is 2. The fourth-order valence-corrected chi connectivity index (χ4v) is 5.27. The third kappa shape index (κ3) is 4.43. The van der Waals surface area contributed by atoms with E-state index in [-0.39, 0.29) is 36.0 Å². The maximum absolute atomic E-state index is 13.4. The van der Waals surface area contributed by atoms with Gasteiger partial charge in [-0.15, -0.1) is 0 Å². The highest BCUT2D eigenvalue weighted by molar-refractivity contribution is 7.89. The van der Waals surface area contributed by atoms with Crippen molar-refractivity contribution >= 4 is 15.9 Å². The van der Waals surface area contributed by atoms with Gasteiger partial charge < -0.3 is 10.4 Å². The van der Waals surface area contributed by atoms with Crippen LogP contribution in [0.1, 0.15) is 31.4 Å². The van der Waals surface area contributed by atoms with Crippen LogP contribution < -0.4 is 5.32 Å². The smallest absolute Gasteiger partial charge is 0.243 e. The van der Waals surface area contributed by atoms with Crippen LogP contribution in [0.5, 0.6) is 0 Å². The van der Waals surface area contributed by atoms with Gasteiger partial charge in [-0.1, -0.05) is 48.5 Å². The molecule has 0 aromatic heterocycles. The molecule has 1 aliphatic rings. The van der Waals surface area contributed by atoms with Gasteiger partial charge in [0.05, 0.1) is 23.5 Å². The maximum Gasteiger partial charge on any atom is 0.243 e. The predicted octanol–water partition coefficient (Wildman–Crippen LogP) is 2.33. The summed E-state index contributed by atoms with van der Waals surface area (Å²) in [5.74, 6) is -0.672. The van der Waals surface area contributed by atoms with Crippen LogP contribution in [-0.4, -0.2) is 42.9 Å². The lowest BCUT2D eigenvalue weighted by Crippen LogP contribution is -2.48. The molecule has 1 aliphatic heterocycles. The molecule has 6 nitrogen and oxygen atoms in total. The van der Waals surface area contributed by atoms with Crippen LogP contribution in [0.2, 0.25) is 0 Å². The Morgan fingerprint density at radius 1 is 1.11 bits per heavy atom. The van der Waals surface area contributed by atoms with E-state index in [0.29, 0.717) is 12.8 Å². The zero-order chi connectivity index (χ0) is 20.1. The number of hydrogen-bond donors (Lipinski definition) is 2. The quantitative estimate of drug-likeness (QED) is 0.776. The number of nitrogens with one attached hydrogen (secondary N) is 1. The topological polar surface area (TPSA) is 86.7 Å². The number of piperidine rings is 1. The highest BCUT2D eigenvalue weighted by Gasteiger charge is 2.40. The van der Waals surface area contributed by atoms with Gasteiger partial charge in [0, 0.05) is 12.6 Å². The molecular weight excluding hydrogens is 376 g/mol. The van der Waals surface area contributed by atoms with Gasteiger partial charge in [0.25, 0.3) is 0 Å². The van der Waals surface area contributed by atoms with E-state index in [1.807, 2.05) is 30.3 Å². The Balaban J connectivity index is 1.92. The Kier molecular flexibility index (Phi) is 6.49. The summed E-state index contributed by atoms with van der Waals surface area (Å²) in [4.78, 5) is 12.8. The Hall–Kier alpha value is -2.22. The van der Waals surface area contributed by atoms with Gasteiger partial charge >= 0.3 is 0 Å². The van der Waals surface area contributed by atoms with Crippen molar-refractivity contribution in [3.8, 4) is 0 Å². The van der Waals surface area contributed by atoms with Crippen LogP contribution in [0.3, 0.4) is 0 Å². The molecule has 0 aliphatic carbocycles. The van der Waals surface area contributed by atoms with Gasteiger partial charge in [0.1, 0.15) is 0 Å². The first-order valence-electron chi connectivity index (χ1n) is 9.46. The molecule has 1 amide bonds. The monoisotopic (exact) mass is 402 g/mol. The zero-order valence-corrected chi connectivity index (χ0v) is 16.7. The lowest BCUT2D eigenvalue weighted by molar-refractivity contribution is -0.127. The first-order valence-corrected chi connectivity index (χ1v) is 10.9. The molecule has 1 heterocycles. The fraction of sp³-hybridized carbons (Fsp3) is 0.381. The molecular formula is C21H26N2O4S. The van der Waals surface area contributed by atoms with Crippen LogP contribution in [-0.2, 0) is 14.8 Å². The molecule has 1 saturated heterocycles. The minimum atomic E-state index is -3.76. The van der Waals surface area contributed by atoms with Crippen molar-refractivity contribution in [3.05, 3.63) is 66.2 Å². The van der Waals surface area contributed by atoms with Gasteiger partial charge in [-0.25, -0.2) is 8.42 Å². The summed E-state index contributed by atoms with van der Waals surface area (Å²) >= 11 is 0. The molecule has 3 rings (SSSR count). The van der Waals surface area contributed by atoms with Crippen molar-refractivity contribution in [2.75, 3.05) is 13.2 Å². The number of hydrogen-bond acceptors (Lipinski definition) is 4. The summed E-state index contributed by atoms with van der Waals surface area (Å²) in [6.45, 7) is 1.67. The molecule has 0 radical (unpaired) electrons. The van der Waals surface area contributed by atoms with E-state index in [0.717, 1.165) is 5.56 Å². The Morgan fingerprint density at radius 3 is 2.32 bits per heavy atom. The van der Waals surface area contributed by atoms with Gasteiger partial charge in [-0.05, 0) is 37.5 Å². The molecule has 150 valence electrons. The number of amides is 1. The summed E-state index contributed by atoms with van der Waals surface area (Å²) in [7, 11) is -3.76. The maximum atomic E-state index is 13.4. The van der Waals surface area contributed by atoms with Crippen molar-refractivity contribution in [2.45, 2.75) is 36.7 Å². The average molecular weight is 403 g/mol. The Labute approximate surface area is 166 Å². The largest absolute Gasteiger partial charge is 0.394 e. The zero-order valence-electron chi connectivity index (χ0n) is 15.9. The van der Waals surface area contributed by atoms with Crippen molar-refractivity contribution in [1.82, 2.24) is 9.62 Å². The summed E-state index contributed by atoms with van der Waals surface area (Å²) in [6, 6.07) is 17.2. The van der Waals surface area contributed by atoms with Crippen molar-refractivity contribution in [1.29, 1.82) is 0 Å². The van der Waals surface area contributed by atoms with Crippen LogP contribution >= 0.6 is 0 Å². The number of sulfonamides is 1. The minimum absolute atomic E-state index is 0.112. The number of carbonyl (C=O) groups is 1. The molecule has 3 atom stereocenters. The molecule has 2 aromatic carbocycles. The highest BCUT2D eigenvalue weighted by atomic mass is 32.2. The van der Waals surface area contributed by atoms with Gasteiger partial charge in [-0.3, -0.25) is 4.79 Å². The molecule has 3 unspecified atom stereocenters. The predicted molar refractivity (Wildman–Crippen MR) is 107 cm³/mol. The second kappa shape index (κ2) is 8.86. The summed E-state index contributed by atoms with van der Waals surface area (Å²) in [6.07, 6.45) is 1.14. The lowest BCUT2D eigenvalue weighted by Gasteiger charge is -2.38. The molecule has 28 heavy (non-hydrogen) atoms. The number of nitrogens with zero attached hydrogens (tertiary/aromatic N) is 1. The molecule has 7 heteroatoms. The van der Waals surface area contributed by atoms with E-state index in [4.69, 9.17) is 0 Å². The summed E-state index contributed by atoms with van der Waals surface area (Å²) in [5.41, 5.74) is 0.921. The molecule has 2 N–H and O–H groups in total. The standard InChI is InChI=1S/C21H26N2O4S/c1-16(15-24)22-21(25)18-12-13-20(17-8-4-2-5-9-17)23(14-18)28(26,27)19-10-6-3-7-11-19/h2-11,16,18,20,24H,12-15H2,1H3,(H,22,25). The number of rotatable bonds is 6. The van der Waals surface area contributed by atoms with E-state index in [9.17, 15) is 18.3 Å². The van der Waals surface area contributed by atoms with Crippen LogP contribution in [0.25, 0.3) is 0 Å². The summed E-state index contributed by atoms with van der Waals surface area (Å²) < 4.78 is 28.2. The van der Waals surface area contributed by atoms with E-state index >= 15 is 0 Å². The second-order valence-corrected chi connectivity index (χ2v) is 9.07. The molecule has 0 bridgehead atoms. The van der Waals surface area contributed by atoms with Crippen molar-refractivity contribution < 1.29 is 18.3 Å². The Bertz CT molecular complexity index is 887. The SMILES string of the molecule is CC(CO)NC(=O)C1CCC(c2ccccc2)N(S(=O)(=O)c2ccccc2)C1. The number of aliphatic hydroxyl groups excluding tert-OH is 1. The lowest BCUT2D eigenvalue weighted by atomic mass is 9.90. The molecule has 0 spiro atoms. The van der Waals surface area contributed by atoms with Gasteiger partial charge in [0.2, 0.25) is 15.9 Å². The number of carbonyl (C=O) groups excluding carboxylic acids is 1. The van der Waals surface area contributed by atoms with Crippen LogP contribution in [0, 0.1) is 5.92 Å². The van der Waals surface area contributed by atoms with E-state index in [2.05, 4.69) is 5.32 Å². The first kappa shape index (κ1) is 20.5. The van der Waals surface area contributed by atoms with Crippen LogP contribution in [0.15, 0.2) is 65.6 Å². The molecule has 0 saturated carbocycles. The van der Waals surface area contributed by atoms with Gasteiger partial charge in [0.15, 0.2) is 0 Å². The van der Waals surface area contributed by atoms with Crippen molar-refractivity contribution in [2.24, 2.45) is 5.92 Å². The number of aliphatic hydroxyl groups is 1. The molecule has 1 fully saturated rings. The first-order chi connectivity index (χ1) is 13.4. The second-order valence-electron chi connectivity index (χ2n) is 7.18. The third-order valence-electron chi connectivity index (χ3n) is 5.10. The third-order valence-corrected chi connectivity index (χ3v) is 6.99. The van der Waals surface area contributed by atoms with Gasteiger partial charge in [-0.2, -0.15) is 4.31 Å². The highest BCUT2D eigenvalue weighted by Crippen LogP contribution is 2.37. The fourth-order valence-electron chi connectivity index (χ4n) is 3.56. The molecule has 2 aromatic rings. The van der Waals surface area contributed by atoms with E-state index in [1.165, 1.54) is 4.31 Å². The summed E-state index contributed by atoms with van der Waals surface area (Å²) in [5, 5.41) is 11.9. The van der Waals surface area contributed by atoms with E-state index in [1.54, 1.807) is 37.3 Å². The average Bonchev–Trinajstić information content (AvgIpc) is 2.74. The Morgan fingerprint density at radius 2 is 1.71 bits per heavy atom. The van der Waals surface area contributed by atoms with Crippen molar-refractivity contribution in [3.63, 3.8) is 0 Å². The minimum Gasteiger partial charge on any atom is -0.394 e. The normalized spacial score (nSPS) is 21.8. The van der Waals surface area contributed by atoms with E-state index < -0.39 is 15.9 Å². The van der Waals surface area contributed by atoms with Crippen LogP contribution in [0.4, 0.5) is 0 Å².